The summed E-state index contributed by atoms with van der Waals surface area (Å²) in [5, 5.41) is 0. The van der Waals surface area contributed by atoms with E-state index in [0.29, 0.717) is 10.2 Å². The highest BCUT2D eigenvalue weighted by Gasteiger charge is 2.17. The van der Waals surface area contributed by atoms with Crippen LogP contribution in [0.15, 0.2) is 56.3 Å². The topological polar surface area (TPSA) is 49.4 Å². The maximum absolute atomic E-state index is 12.5. The Morgan fingerprint density at radius 2 is 1.67 bits per heavy atom. The third-order valence-corrected chi connectivity index (χ3v) is 5.14. The fourth-order valence-corrected chi connectivity index (χ4v) is 3.84. The predicted molar refractivity (Wildman–Crippen MR) is 93.4 cm³/mol. The molecule has 112 valence electrons. The van der Waals surface area contributed by atoms with Gasteiger partial charge in [0, 0.05) is 23.0 Å². The summed E-state index contributed by atoms with van der Waals surface area (Å²) in [5.41, 5.74) is 1.31. The standard InChI is InChI=1S/C14H14Br2N2O2S/c1-18(2)14-7-6-11(16)9-13(14)17-21(19,20)12-5-3-4-10(15)8-12/h3-9,17H,1-2H3. The van der Waals surface area contributed by atoms with Crippen molar-refractivity contribution in [1.29, 1.82) is 0 Å². The third-order valence-electron chi connectivity index (χ3n) is 2.79. The summed E-state index contributed by atoms with van der Waals surface area (Å²) < 4.78 is 29.1. The molecule has 0 atom stereocenters. The van der Waals surface area contributed by atoms with Crippen LogP contribution < -0.4 is 9.62 Å². The van der Waals surface area contributed by atoms with E-state index in [4.69, 9.17) is 0 Å². The molecule has 21 heavy (non-hydrogen) atoms. The molecule has 2 aromatic carbocycles. The van der Waals surface area contributed by atoms with Crippen molar-refractivity contribution in [3.05, 3.63) is 51.4 Å². The van der Waals surface area contributed by atoms with Crippen molar-refractivity contribution >= 4 is 53.3 Å². The van der Waals surface area contributed by atoms with E-state index in [1.807, 2.05) is 31.1 Å². The van der Waals surface area contributed by atoms with Crippen molar-refractivity contribution < 1.29 is 8.42 Å². The van der Waals surface area contributed by atoms with Gasteiger partial charge in [-0.15, -0.1) is 0 Å². The lowest BCUT2D eigenvalue weighted by Gasteiger charge is -2.19. The van der Waals surface area contributed by atoms with Crippen LogP contribution >= 0.6 is 31.9 Å². The van der Waals surface area contributed by atoms with Gasteiger partial charge in [-0.3, -0.25) is 4.72 Å². The monoisotopic (exact) mass is 432 g/mol. The second kappa shape index (κ2) is 6.37. The maximum atomic E-state index is 12.5. The van der Waals surface area contributed by atoms with Gasteiger partial charge in [0.05, 0.1) is 16.3 Å². The van der Waals surface area contributed by atoms with Gasteiger partial charge in [0.15, 0.2) is 0 Å². The van der Waals surface area contributed by atoms with E-state index < -0.39 is 10.0 Å². The number of anilines is 2. The SMILES string of the molecule is CN(C)c1ccc(Br)cc1NS(=O)(=O)c1cccc(Br)c1. The van der Waals surface area contributed by atoms with Crippen molar-refractivity contribution in [3.8, 4) is 0 Å². The number of sulfonamides is 1. The van der Waals surface area contributed by atoms with Crippen molar-refractivity contribution in [2.45, 2.75) is 4.90 Å². The zero-order valence-corrected chi connectivity index (χ0v) is 15.5. The minimum Gasteiger partial charge on any atom is -0.376 e. The van der Waals surface area contributed by atoms with E-state index in [1.165, 1.54) is 0 Å². The second-order valence-electron chi connectivity index (χ2n) is 4.62. The molecule has 0 spiro atoms. The molecule has 1 N–H and O–H groups in total. The van der Waals surface area contributed by atoms with Crippen LogP contribution in [0.4, 0.5) is 11.4 Å². The van der Waals surface area contributed by atoms with Crippen LogP contribution in [0.5, 0.6) is 0 Å². The lowest BCUT2D eigenvalue weighted by molar-refractivity contribution is 0.601. The first kappa shape index (κ1) is 16.3. The lowest BCUT2D eigenvalue weighted by atomic mass is 10.2. The molecule has 0 saturated heterocycles. The first-order valence-electron chi connectivity index (χ1n) is 6.05. The Kier molecular flexibility index (Phi) is 4.95. The minimum atomic E-state index is -3.64. The molecule has 0 aliphatic heterocycles. The number of rotatable bonds is 4. The molecule has 0 fully saturated rings. The maximum Gasteiger partial charge on any atom is 0.262 e. The Bertz CT molecular complexity index is 761. The van der Waals surface area contributed by atoms with E-state index in [9.17, 15) is 8.42 Å². The van der Waals surface area contributed by atoms with Gasteiger partial charge < -0.3 is 4.90 Å². The van der Waals surface area contributed by atoms with Gasteiger partial charge in [-0.05, 0) is 36.4 Å². The van der Waals surface area contributed by atoms with E-state index in [0.717, 1.165) is 10.2 Å². The van der Waals surface area contributed by atoms with Gasteiger partial charge in [0.2, 0.25) is 0 Å². The Balaban J connectivity index is 2.44. The Morgan fingerprint density at radius 3 is 2.29 bits per heavy atom. The number of hydrogen-bond donors (Lipinski definition) is 1. The number of benzene rings is 2. The van der Waals surface area contributed by atoms with Gasteiger partial charge in [-0.2, -0.15) is 0 Å². The van der Waals surface area contributed by atoms with Crippen LogP contribution in [0.3, 0.4) is 0 Å². The number of nitrogens with zero attached hydrogens (tertiary/aromatic N) is 1. The van der Waals surface area contributed by atoms with Gasteiger partial charge in [0.25, 0.3) is 10.0 Å². The summed E-state index contributed by atoms with van der Waals surface area (Å²) in [5.74, 6) is 0. The second-order valence-corrected chi connectivity index (χ2v) is 8.13. The highest BCUT2D eigenvalue weighted by atomic mass is 79.9. The molecule has 0 radical (unpaired) electrons. The molecule has 7 heteroatoms. The number of halogens is 2. The zero-order chi connectivity index (χ0) is 15.6. The van der Waals surface area contributed by atoms with Crippen LogP contribution in [0.25, 0.3) is 0 Å². The third kappa shape index (κ3) is 3.99. The van der Waals surface area contributed by atoms with Crippen LogP contribution in [0, 0.1) is 0 Å². The van der Waals surface area contributed by atoms with Crippen LogP contribution in [-0.4, -0.2) is 22.5 Å². The van der Waals surface area contributed by atoms with E-state index in [1.54, 1.807) is 30.3 Å². The summed E-state index contributed by atoms with van der Waals surface area (Å²) in [4.78, 5) is 2.06. The van der Waals surface area contributed by atoms with Gasteiger partial charge >= 0.3 is 0 Å². The molecule has 2 aromatic rings. The Morgan fingerprint density at radius 1 is 1.00 bits per heavy atom. The summed E-state index contributed by atoms with van der Waals surface area (Å²) in [6.45, 7) is 0. The first-order chi connectivity index (χ1) is 9.79. The molecule has 4 nitrogen and oxygen atoms in total. The molecule has 0 aromatic heterocycles. The smallest absolute Gasteiger partial charge is 0.262 e. The molecule has 0 amide bonds. The zero-order valence-electron chi connectivity index (χ0n) is 11.5. The van der Waals surface area contributed by atoms with Gasteiger partial charge in [-0.25, -0.2) is 8.42 Å². The Labute approximate surface area is 141 Å². The average molecular weight is 434 g/mol. The van der Waals surface area contributed by atoms with Crippen LogP contribution in [0.1, 0.15) is 0 Å². The van der Waals surface area contributed by atoms with E-state index in [2.05, 4.69) is 36.6 Å². The minimum absolute atomic E-state index is 0.210. The molecule has 0 heterocycles. The quantitative estimate of drug-likeness (QED) is 0.790. The molecule has 0 aliphatic rings. The summed E-state index contributed by atoms with van der Waals surface area (Å²) >= 11 is 6.64. The van der Waals surface area contributed by atoms with Crippen LogP contribution in [0.2, 0.25) is 0 Å². The van der Waals surface area contributed by atoms with E-state index in [-0.39, 0.29) is 4.90 Å². The van der Waals surface area contributed by atoms with Crippen molar-refractivity contribution in [1.82, 2.24) is 0 Å². The molecular weight excluding hydrogens is 420 g/mol. The normalized spacial score (nSPS) is 11.2. The molecular formula is C14H14Br2N2O2S. The fourth-order valence-electron chi connectivity index (χ4n) is 1.82. The molecule has 0 aliphatic carbocycles. The van der Waals surface area contributed by atoms with Gasteiger partial charge in [0.1, 0.15) is 0 Å². The fraction of sp³-hybridized carbons (Fsp3) is 0.143. The predicted octanol–water partition coefficient (Wildman–Crippen LogP) is 4.08. The number of nitrogens with one attached hydrogen (secondary N) is 1. The highest BCUT2D eigenvalue weighted by Crippen LogP contribution is 2.30. The lowest BCUT2D eigenvalue weighted by Crippen LogP contribution is -2.17. The molecule has 2 rings (SSSR count). The van der Waals surface area contributed by atoms with Gasteiger partial charge in [-0.1, -0.05) is 37.9 Å². The van der Waals surface area contributed by atoms with Crippen LogP contribution in [-0.2, 0) is 10.0 Å². The number of hydrogen-bond acceptors (Lipinski definition) is 3. The summed E-state index contributed by atoms with van der Waals surface area (Å²) in [6.07, 6.45) is 0. The molecule has 0 unspecified atom stereocenters. The molecule has 0 saturated carbocycles. The highest BCUT2D eigenvalue weighted by molar-refractivity contribution is 9.10. The Hall–Kier alpha value is -1.05. The summed E-state index contributed by atoms with van der Waals surface area (Å²) in [7, 11) is 0.0864. The average Bonchev–Trinajstić information content (AvgIpc) is 2.38. The molecule has 0 bridgehead atoms. The largest absolute Gasteiger partial charge is 0.376 e. The van der Waals surface area contributed by atoms with E-state index >= 15 is 0 Å². The van der Waals surface area contributed by atoms with Crippen molar-refractivity contribution in [2.24, 2.45) is 0 Å². The summed E-state index contributed by atoms with van der Waals surface area (Å²) in [6, 6.07) is 12.0. The van der Waals surface area contributed by atoms with Crippen molar-refractivity contribution in [2.75, 3.05) is 23.7 Å². The van der Waals surface area contributed by atoms with Crippen molar-refractivity contribution in [3.63, 3.8) is 0 Å². The first-order valence-corrected chi connectivity index (χ1v) is 9.12.